The lowest BCUT2D eigenvalue weighted by molar-refractivity contribution is -0.149. The second kappa shape index (κ2) is 9.25. The molecule has 1 atom stereocenters. The third kappa shape index (κ3) is 5.68. The number of hydrogen-bond donors (Lipinski definition) is 1. The van der Waals surface area contributed by atoms with Gasteiger partial charge in [-0.1, -0.05) is 6.07 Å². The molecule has 1 aliphatic rings. The third-order valence-corrected chi connectivity index (χ3v) is 4.66. The van der Waals surface area contributed by atoms with Crippen LogP contribution in [0, 0.1) is 5.92 Å². The number of hydrogen-bond acceptors (Lipinski definition) is 6. The summed E-state index contributed by atoms with van der Waals surface area (Å²) in [6.07, 6.45) is 1.13. The Morgan fingerprint density at radius 1 is 1.50 bits per heavy atom. The van der Waals surface area contributed by atoms with Crippen LogP contribution in [0.15, 0.2) is 17.5 Å². The molecule has 0 spiro atoms. The van der Waals surface area contributed by atoms with Crippen molar-refractivity contribution in [3.8, 4) is 0 Å². The van der Waals surface area contributed by atoms with Crippen LogP contribution in [0.5, 0.6) is 0 Å². The highest BCUT2D eigenvalue weighted by Crippen LogP contribution is 2.19. The van der Waals surface area contributed by atoms with Crippen molar-refractivity contribution in [1.29, 1.82) is 0 Å². The van der Waals surface area contributed by atoms with E-state index >= 15 is 0 Å². The van der Waals surface area contributed by atoms with Gasteiger partial charge in [-0.05, 0) is 44.3 Å². The summed E-state index contributed by atoms with van der Waals surface area (Å²) in [7, 11) is 0. The van der Waals surface area contributed by atoms with E-state index in [0.717, 1.165) is 25.9 Å². The highest BCUT2D eigenvalue weighted by molar-refractivity contribution is 7.09. The standard InChI is InChI=1S/C16H25NO4S/c1-2-21-16(19)13-5-7-17(8-6-13)10-14(18)11-20-12-15-4-3-9-22-15/h3-4,9,13-14,18H,2,5-8,10-12H2,1H3/t14-/m1/s1. The average molecular weight is 327 g/mol. The molecule has 1 aromatic heterocycles. The molecule has 0 saturated carbocycles. The zero-order valence-electron chi connectivity index (χ0n) is 13.1. The summed E-state index contributed by atoms with van der Waals surface area (Å²) in [6, 6.07) is 4.02. The number of ether oxygens (including phenoxy) is 2. The quantitative estimate of drug-likeness (QED) is 0.739. The number of thiophene rings is 1. The molecule has 124 valence electrons. The highest BCUT2D eigenvalue weighted by Gasteiger charge is 2.26. The molecule has 1 N–H and O–H groups in total. The van der Waals surface area contributed by atoms with Crippen molar-refractivity contribution in [2.75, 3.05) is 32.8 Å². The second-order valence-corrected chi connectivity index (χ2v) is 6.61. The maximum Gasteiger partial charge on any atom is 0.309 e. The van der Waals surface area contributed by atoms with E-state index in [-0.39, 0.29) is 11.9 Å². The molecule has 22 heavy (non-hydrogen) atoms. The summed E-state index contributed by atoms with van der Waals surface area (Å²) in [4.78, 5) is 15.0. The van der Waals surface area contributed by atoms with Crippen molar-refractivity contribution >= 4 is 17.3 Å². The fourth-order valence-electron chi connectivity index (χ4n) is 2.65. The summed E-state index contributed by atoms with van der Waals surface area (Å²) >= 11 is 1.66. The summed E-state index contributed by atoms with van der Waals surface area (Å²) in [5.74, 6) is -0.0644. The first kappa shape index (κ1) is 17.4. The van der Waals surface area contributed by atoms with Gasteiger partial charge in [0, 0.05) is 11.4 Å². The van der Waals surface area contributed by atoms with Gasteiger partial charge in [-0.2, -0.15) is 0 Å². The van der Waals surface area contributed by atoms with Crippen molar-refractivity contribution in [3.05, 3.63) is 22.4 Å². The van der Waals surface area contributed by atoms with Gasteiger partial charge in [0.2, 0.25) is 0 Å². The molecule has 0 amide bonds. The van der Waals surface area contributed by atoms with Gasteiger partial charge in [0.25, 0.3) is 0 Å². The predicted octanol–water partition coefficient (Wildman–Crippen LogP) is 1.90. The Morgan fingerprint density at radius 3 is 2.91 bits per heavy atom. The zero-order chi connectivity index (χ0) is 15.8. The molecule has 0 radical (unpaired) electrons. The number of nitrogens with zero attached hydrogens (tertiary/aromatic N) is 1. The molecule has 2 heterocycles. The van der Waals surface area contributed by atoms with Crippen molar-refractivity contribution in [3.63, 3.8) is 0 Å². The Morgan fingerprint density at radius 2 is 2.27 bits per heavy atom. The van der Waals surface area contributed by atoms with Crippen molar-refractivity contribution in [2.24, 2.45) is 5.92 Å². The molecule has 0 aromatic carbocycles. The van der Waals surface area contributed by atoms with E-state index in [9.17, 15) is 9.90 Å². The van der Waals surface area contributed by atoms with E-state index in [1.807, 2.05) is 24.4 Å². The topological polar surface area (TPSA) is 59.0 Å². The third-order valence-electron chi connectivity index (χ3n) is 3.81. The SMILES string of the molecule is CCOC(=O)C1CCN(C[C@@H](O)COCc2cccs2)CC1. The minimum Gasteiger partial charge on any atom is -0.466 e. The van der Waals surface area contributed by atoms with Gasteiger partial charge in [-0.25, -0.2) is 0 Å². The number of carbonyl (C=O) groups is 1. The maximum atomic E-state index is 11.7. The van der Waals surface area contributed by atoms with Crippen LogP contribution < -0.4 is 0 Å². The number of esters is 1. The van der Waals surface area contributed by atoms with Crippen LogP contribution in [-0.2, 0) is 20.9 Å². The average Bonchev–Trinajstić information content (AvgIpc) is 3.01. The minimum absolute atomic E-state index is 0.0171. The van der Waals surface area contributed by atoms with Gasteiger partial charge in [0.1, 0.15) is 0 Å². The van der Waals surface area contributed by atoms with E-state index in [1.54, 1.807) is 11.3 Å². The van der Waals surface area contributed by atoms with E-state index in [1.165, 1.54) is 4.88 Å². The highest BCUT2D eigenvalue weighted by atomic mass is 32.1. The first-order chi connectivity index (χ1) is 10.7. The lowest BCUT2D eigenvalue weighted by atomic mass is 9.97. The fraction of sp³-hybridized carbons (Fsp3) is 0.688. The number of piperidine rings is 1. The van der Waals surface area contributed by atoms with Crippen molar-refractivity contribution in [1.82, 2.24) is 4.90 Å². The molecule has 5 nitrogen and oxygen atoms in total. The van der Waals surface area contributed by atoms with Gasteiger partial charge >= 0.3 is 5.97 Å². The predicted molar refractivity (Wildman–Crippen MR) is 85.8 cm³/mol. The number of β-amino-alcohol motifs (C(OH)–C–C–N with tert-alkyl or cyclic N) is 1. The number of rotatable bonds is 8. The van der Waals surface area contributed by atoms with E-state index in [2.05, 4.69) is 4.90 Å². The number of carbonyl (C=O) groups excluding carboxylic acids is 1. The van der Waals surface area contributed by atoms with Gasteiger partial charge in [0.15, 0.2) is 0 Å². The number of likely N-dealkylation sites (tertiary alicyclic amines) is 1. The van der Waals surface area contributed by atoms with Crippen molar-refractivity contribution < 1.29 is 19.4 Å². The maximum absolute atomic E-state index is 11.7. The lowest BCUT2D eigenvalue weighted by Gasteiger charge is -2.32. The first-order valence-electron chi connectivity index (χ1n) is 7.86. The van der Waals surface area contributed by atoms with Crippen LogP contribution in [0.1, 0.15) is 24.6 Å². The molecule has 1 aromatic rings. The summed E-state index contributed by atoms with van der Waals surface area (Å²) in [5, 5.41) is 12.1. The van der Waals surface area contributed by atoms with Crippen molar-refractivity contribution in [2.45, 2.75) is 32.5 Å². The van der Waals surface area contributed by atoms with E-state index in [0.29, 0.717) is 26.4 Å². The zero-order valence-corrected chi connectivity index (χ0v) is 13.9. The fourth-order valence-corrected chi connectivity index (χ4v) is 3.29. The number of aliphatic hydroxyl groups is 1. The Labute approximate surface area is 135 Å². The van der Waals surface area contributed by atoms with Crippen LogP contribution >= 0.6 is 11.3 Å². The van der Waals surface area contributed by atoms with Gasteiger partial charge in [-0.15, -0.1) is 11.3 Å². The smallest absolute Gasteiger partial charge is 0.309 e. The normalized spacial score (nSPS) is 18.3. The minimum atomic E-state index is -0.487. The second-order valence-electron chi connectivity index (χ2n) is 5.58. The lowest BCUT2D eigenvalue weighted by Crippen LogP contribution is -2.41. The van der Waals surface area contributed by atoms with Gasteiger partial charge in [-0.3, -0.25) is 4.79 Å². The Bertz CT molecular complexity index is 429. The molecule has 1 fully saturated rings. The van der Waals surface area contributed by atoms with Gasteiger partial charge < -0.3 is 19.5 Å². The largest absolute Gasteiger partial charge is 0.466 e. The summed E-state index contributed by atoms with van der Waals surface area (Å²) < 4.78 is 10.6. The van der Waals surface area contributed by atoms with Crippen LogP contribution in [0.2, 0.25) is 0 Å². The molecule has 2 rings (SSSR count). The van der Waals surface area contributed by atoms with E-state index < -0.39 is 6.10 Å². The Kier molecular flexibility index (Phi) is 7.32. The molecule has 0 unspecified atom stereocenters. The Hall–Kier alpha value is -0.950. The van der Waals surface area contributed by atoms with Crippen LogP contribution in [-0.4, -0.2) is 54.9 Å². The molecule has 0 aliphatic carbocycles. The molecule has 1 saturated heterocycles. The van der Waals surface area contributed by atoms with Crippen LogP contribution in [0.4, 0.5) is 0 Å². The molecular formula is C16H25NO4S. The molecular weight excluding hydrogens is 302 g/mol. The van der Waals surface area contributed by atoms with Gasteiger partial charge in [0.05, 0.1) is 31.8 Å². The Balaban J connectivity index is 1.60. The summed E-state index contributed by atoms with van der Waals surface area (Å²) in [6.45, 7) is 5.42. The molecule has 1 aliphatic heterocycles. The number of aliphatic hydroxyl groups excluding tert-OH is 1. The summed E-state index contributed by atoms with van der Waals surface area (Å²) in [5.41, 5.74) is 0. The molecule has 6 heteroatoms. The van der Waals surface area contributed by atoms with Crippen LogP contribution in [0.3, 0.4) is 0 Å². The monoisotopic (exact) mass is 327 g/mol. The van der Waals surface area contributed by atoms with Crippen LogP contribution in [0.25, 0.3) is 0 Å². The molecule has 0 bridgehead atoms. The first-order valence-corrected chi connectivity index (χ1v) is 8.74. The van der Waals surface area contributed by atoms with E-state index in [4.69, 9.17) is 9.47 Å².